The van der Waals surface area contributed by atoms with Gasteiger partial charge in [-0.05, 0) is 38.1 Å². The fraction of sp³-hybridized carbons (Fsp3) is 0.417. The monoisotopic (exact) mass is 201 g/mol. The highest BCUT2D eigenvalue weighted by Crippen LogP contribution is 2.20. The van der Waals surface area contributed by atoms with E-state index < -0.39 is 0 Å². The molecule has 0 atom stereocenters. The first kappa shape index (κ1) is 10.0. The van der Waals surface area contributed by atoms with Gasteiger partial charge in [-0.3, -0.25) is 4.90 Å². The first-order valence-electron chi connectivity index (χ1n) is 5.31. The zero-order valence-corrected chi connectivity index (χ0v) is 8.74. The number of nitriles is 1. The normalized spacial score (nSPS) is 16.5. The summed E-state index contributed by atoms with van der Waals surface area (Å²) in [6.45, 7) is 3.06. The molecule has 1 aromatic rings. The molecule has 0 bridgehead atoms. The van der Waals surface area contributed by atoms with Gasteiger partial charge in [0, 0.05) is 17.8 Å². The molecule has 1 saturated heterocycles. The van der Waals surface area contributed by atoms with Crippen LogP contribution in [0, 0.1) is 11.3 Å². The van der Waals surface area contributed by atoms with Gasteiger partial charge in [0.25, 0.3) is 0 Å². The van der Waals surface area contributed by atoms with E-state index in [0.29, 0.717) is 5.56 Å². The van der Waals surface area contributed by atoms with E-state index in [1.807, 2.05) is 18.2 Å². The molecule has 2 rings (SSSR count). The molecule has 0 saturated carbocycles. The molecule has 0 spiro atoms. The molecule has 3 nitrogen and oxygen atoms in total. The molecule has 1 heterocycles. The summed E-state index contributed by atoms with van der Waals surface area (Å²) in [5.41, 5.74) is 8.33. The summed E-state index contributed by atoms with van der Waals surface area (Å²) in [4.78, 5) is 2.35. The minimum atomic E-state index is 0.710. The van der Waals surface area contributed by atoms with Crippen LogP contribution in [0.15, 0.2) is 18.2 Å². The number of nitrogens with zero attached hydrogens (tertiary/aromatic N) is 2. The van der Waals surface area contributed by atoms with E-state index in [4.69, 9.17) is 11.0 Å². The molecule has 3 heteroatoms. The summed E-state index contributed by atoms with van der Waals surface area (Å²) in [5, 5.41) is 8.99. The lowest BCUT2D eigenvalue weighted by molar-refractivity contribution is 0.332. The number of likely N-dealkylation sites (tertiary alicyclic amines) is 1. The van der Waals surface area contributed by atoms with Crippen molar-refractivity contribution in [3.05, 3.63) is 29.3 Å². The van der Waals surface area contributed by atoms with Gasteiger partial charge < -0.3 is 5.73 Å². The Morgan fingerprint density at radius 1 is 1.33 bits per heavy atom. The average Bonchev–Trinajstić information content (AvgIpc) is 2.74. The lowest BCUT2D eigenvalue weighted by atomic mass is 10.1. The van der Waals surface area contributed by atoms with Crippen molar-refractivity contribution in [3.8, 4) is 6.07 Å². The van der Waals surface area contributed by atoms with Gasteiger partial charge in [-0.25, -0.2) is 0 Å². The second-order valence-corrected chi connectivity index (χ2v) is 3.97. The largest absolute Gasteiger partial charge is 0.398 e. The zero-order valence-electron chi connectivity index (χ0n) is 8.74. The number of rotatable bonds is 2. The van der Waals surface area contributed by atoms with Gasteiger partial charge in [0.05, 0.1) is 11.6 Å². The number of hydrogen-bond acceptors (Lipinski definition) is 3. The third-order valence-electron chi connectivity index (χ3n) is 2.91. The predicted octanol–water partition coefficient (Wildman–Crippen LogP) is 1.74. The molecule has 78 valence electrons. The lowest BCUT2D eigenvalue weighted by Crippen LogP contribution is -2.19. The van der Waals surface area contributed by atoms with E-state index in [0.717, 1.165) is 30.9 Å². The van der Waals surface area contributed by atoms with Crippen molar-refractivity contribution < 1.29 is 0 Å². The number of nitrogens with two attached hydrogens (primary N) is 1. The van der Waals surface area contributed by atoms with Crippen LogP contribution in [0.5, 0.6) is 0 Å². The van der Waals surface area contributed by atoms with Gasteiger partial charge in [0.2, 0.25) is 0 Å². The zero-order chi connectivity index (χ0) is 10.7. The number of hydrogen-bond donors (Lipinski definition) is 1. The quantitative estimate of drug-likeness (QED) is 0.741. The third kappa shape index (κ3) is 2.11. The lowest BCUT2D eigenvalue weighted by Gasteiger charge is -2.16. The van der Waals surface area contributed by atoms with Gasteiger partial charge in [-0.15, -0.1) is 0 Å². The van der Waals surface area contributed by atoms with Gasteiger partial charge in [-0.1, -0.05) is 6.07 Å². The van der Waals surface area contributed by atoms with E-state index in [-0.39, 0.29) is 0 Å². The summed E-state index contributed by atoms with van der Waals surface area (Å²) in [7, 11) is 0. The van der Waals surface area contributed by atoms with Crippen molar-refractivity contribution in [3.63, 3.8) is 0 Å². The highest BCUT2D eigenvalue weighted by atomic mass is 15.1. The van der Waals surface area contributed by atoms with Crippen LogP contribution in [-0.4, -0.2) is 18.0 Å². The minimum absolute atomic E-state index is 0.710. The Kier molecular flexibility index (Phi) is 2.89. The van der Waals surface area contributed by atoms with Crippen molar-refractivity contribution in [2.24, 2.45) is 0 Å². The molecular formula is C12H15N3. The SMILES string of the molecule is N#Cc1cccc(N)c1CN1CCCC1. The van der Waals surface area contributed by atoms with Crippen LogP contribution in [0.2, 0.25) is 0 Å². The fourth-order valence-electron chi connectivity index (χ4n) is 2.05. The second kappa shape index (κ2) is 4.33. The maximum absolute atomic E-state index is 8.99. The summed E-state index contributed by atoms with van der Waals surface area (Å²) in [5.74, 6) is 0. The number of anilines is 1. The van der Waals surface area contributed by atoms with Crippen molar-refractivity contribution in [2.75, 3.05) is 18.8 Å². The smallest absolute Gasteiger partial charge is 0.0995 e. The Labute approximate surface area is 90.1 Å². The first-order chi connectivity index (χ1) is 7.31. The number of nitrogen functional groups attached to an aromatic ring is 1. The Morgan fingerprint density at radius 2 is 2.07 bits per heavy atom. The van der Waals surface area contributed by atoms with E-state index in [1.165, 1.54) is 12.8 Å². The summed E-state index contributed by atoms with van der Waals surface area (Å²) < 4.78 is 0. The fourth-order valence-corrected chi connectivity index (χ4v) is 2.05. The Bertz CT molecular complexity index is 386. The topological polar surface area (TPSA) is 53.1 Å². The molecule has 0 amide bonds. The van der Waals surface area contributed by atoms with E-state index in [1.54, 1.807) is 0 Å². The van der Waals surface area contributed by atoms with E-state index in [9.17, 15) is 0 Å². The minimum Gasteiger partial charge on any atom is -0.398 e. The summed E-state index contributed by atoms with van der Waals surface area (Å²) >= 11 is 0. The molecule has 15 heavy (non-hydrogen) atoms. The van der Waals surface area contributed by atoms with Crippen LogP contribution in [0.4, 0.5) is 5.69 Å². The Hall–Kier alpha value is -1.53. The van der Waals surface area contributed by atoms with Crippen LogP contribution >= 0.6 is 0 Å². The van der Waals surface area contributed by atoms with E-state index in [2.05, 4.69) is 11.0 Å². The van der Waals surface area contributed by atoms with E-state index >= 15 is 0 Å². The Morgan fingerprint density at radius 3 is 2.73 bits per heavy atom. The molecule has 1 fully saturated rings. The molecule has 0 radical (unpaired) electrons. The van der Waals surface area contributed by atoms with Crippen molar-refractivity contribution in [2.45, 2.75) is 19.4 Å². The maximum Gasteiger partial charge on any atom is 0.0995 e. The van der Waals surface area contributed by atoms with Crippen LogP contribution in [0.3, 0.4) is 0 Å². The standard InChI is InChI=1S/C12H15N3/c13-8-10-4-3-5-12(14)11(10)9-15-6-1-2-7-15/h3-5H,1-2,6-7,9,14H2. The van der Waals surface area contributed by atoms with Gasteiger partial charge in [0.15, 0.2) is 0 Å². The van der Waals surface area contributed by atoms with Crippen molar-refractivity contribution in [1.29, 1.82) is 5.26 Å². The van der Waals surface area contributed by atoms with Crippen LogP contribution in [0.1, 0.15) is 24.0 Å². The van der Waals surface area contributed by atoms with Crippen molar-refractivity contribution in [1.82, 2.24) is 4.90 Å². The second-order valence-electron chi connectivity index (χ2n) is 3.97. The van der Waals surface area contributed by atoms with Crippen LogP contribution in [-0.2, 0) is 6.54 Å². The molecule has 1 aliphatic rings. The molecule has 1 aliphatic heterocycles. The molecule has 1 aromatic carbocycles. The molecule has 2 N–H and O–H groups in total. The first-order valence-corrected chi connectivity index (χ1v) is 5.31. The Balaban J connectivity index is 2.22. The van der Waals surface area contributed by atoms with Crippen LogP contribution in [0.25, 0.3) is 0 Å². The van der Waals surface area contributed by atoms with Gasteiger partial charge >= 0.3 is 0 Å². The highest BCUT2D eigenvalue weighted by Gasteiger charge is 2.15. The third-order valence-corrected chi connectivity index (χ3v) is 2.91. The number of benzene rings is 1. The van der Waals surface area contributed by atoms with Crippen LogP contribution < -0.4 is 5.73 Å². The predicted molar refractivity (Wildman–Crippen MR) is 60.1 cm³/mol. The molecule has 0 unspecified atom stereocenters. The highest BCUT2D eigenvalue weighted by molar-refractivity contribution is 5.54. The molecule has 0 aliphatic carbocycles. The van der Waals surface area contributed by atoms with Gasteiger partial charge in [-0.2, -0.15) is 5.26 Å². The van der Waals surface area contributed by atoms with Crippen molar-refractivity contribution >= 4 is 5.69 Å². The maximum atomic E-state index is 8.99. The molecular weight excluding hydrogens is 186 g/mol. The average molecular weight is 201 g/mol. The summed E-state index contributed by atoms with van der Waals surface area (Å²) in [6, 6.07) is 7.74. The summed E-state index contributed by atoms with van der Waals surface area (Å²) in [6.07, 6.45) is 2.52. The van der Waals surface area contributed by atoms with Gasteiger partial charge in [0.1, 0.15) is 0 Å². The molecule has 0 aromatic heterocycles.